The third-order valence-electron chi connectivity index (χ3n) is 3.28. The molecule has 0 radical (unpaired) electrons. The van der Waals surface area contributed by atoms with Gasteiger partial charge in [0.15, 0.2) is 0 Å². The van der Waals surface area contributed by atoms with Crippen molar-refractivity contribution in [1.29, 1.82) is 0 Å². The fourth-order valence-corrected chi connectivity index (χ4v) is 2.78. The normalized spacial score (nSPS) is 12.2. The molecule has 1 nitrogen and oxygen atoms in total. The molecule has 0 N–H and O–H groups in total. The second kappa shape index (κ2) is 6.12. The van der Waals surface area contributed by atoms with Gasteiger partial charge in [-0.05, 0) is 55.2 Å². The molecule has 0 bridgehead atoms. The summed E-state index contributed by atoms with van der Waals surface area (Å²) >= 11 is 6.63. The van der Waals surface area contributed by atoms with Gasteiger partial charge in [-0.1, -0.05) is 30.3 Å². The van der Waals surface area contributed by atoms with Gasteiger partial charge in [0.1, 0.15) is 5.75 Å². The van der Waals surface area contributed by atoms with Gasteiger partial charge in [0.25, 0.3) is 0 Å². The Kier molecular flexibility index (Phi) is 4.49. The molecule has 0 saturated heterocycles. The van der Waals surface area contributed by atoms with Gasteiger partial charge in [-0.3, -0.25) is 0 Å². The van der Waals surface area contributed by atoms with Crippen molar-refractivity contribution < 1.29 is 4.74 Å². The number of ether oxygens (including phenoxy) is 1. The number of rotatable bonds is 4. The largest absolute Gasteiger partial charge is 0.494 e. The van der Waals surface area contributed by atoms with Crippen LogP contribution in [0.15, 0.2) is 42.5 Å². The fraction of sp³-hybridized carbons (Fsp3) is 0.294. The minimum atomic E-state index is -0.114. The average Bonchev–Trinajstić information content (AvgIpc) is 2.39. The van der Waals surface area contributed by atoms with Crippen molar-refractivity contribution in [3.05, 3.63) is 64.7 Å². The molecule has 100 valence electrons. The van der Waals surface area contributed by atoms with E-state index in [2.05, 4.69) is 32.0 Å². The summed E-state index contributed by atoms with van der Waals surface area (Å²) in [6.45, 7) is 6.87. The molecule has 1 atom stereocenters. The summed E-state index contributed by atoms with van der Waals surface area (Å²) in [5.74, 6) is 0.886. The van der Waals surface area contributed by atoms with Crippen LogP contribution in [0.25, 0.3) is 0 Å². The van der Waals surface area contributed by atoms with Gasteiger partial charge in [-0.2, -0.15) is 0 Å². The van der Waals surface area contributed by atoms with E-state index in [-0.39, 0.29) is 5.38 Å². The van der Waals surface area contributed by atoms with Gasteiger partial charge in [0.2, 0.25) is 0 Å². The van der Waals surface area contributed by atoms with Crippen LogP contribution in [0.4, 0.5) is 0 Å². The summed E-state index contributed by atoms with van der Waals surface area (Å²) in [6, 6.07) is 14.3. The van der Waals surface area contributed by atoms with Crippen LogP contribution in [0.3, 0.4) is 0 Å². The Labute approximate surface area is 120 Å². The van der Waals surface area contributed by atoms with Gasteiger partial charge >= 0.3 is 0 Å². The molecule has 1 unspecified atom stereocenters. The first-order valence-electron chi connectivity index (χ1n) is 6.56. The smallest absolute Gasteiger partial charge is 0.119 e. The van der Waals surface area contributed by atoms with Crippen molar-refractivity contribution in [2.75, 3.05) is 6.61 Å². The van der Waals surface area contributed by atoms with E-state index in [1.54, 1.807) is 0 Å². The molecule has 0 aliphatic rings. The predicted molar refractivity (Wildman–Crippen MR) is 81.2 cm³/mol. The fourth-order valence-electron chi connectivity index (χ4n) is 2.29. The Hall–Kier alpha value is -1.47. The third kappa shape index (κ3) is 3.10. The number of benzene rings is 2. The van der Waals surface area contributed by atoms with Crippen molar-refractivity contribution in [2.24, 2.45) is 0 Å². The van der Waals surface area contributed by atoms with Crippen LogP contribution in [0.2, 0.25) is 0 Å². The van der Waals surface area contributed by atoms with E-state index in [1.807, 2.05) is 31.2 Å². The lowest BCUT2D eigenvalue weighted by Gasteiger charge is -2.16. The molecule has 2 aromatic carbocycles. The van der Waals surface area contributed by atoms with Gasteiger partial charge in [-0.25, -0.2) is 0 Å². The van der Waals surface area contributed by atoms with E-state index in [0.29, 0.717) is 6.61 Å². The van der Waals surface area contributed by atoms with Crippen LogP contribution in [0.5, 0.6) is 5.75 Å². The number of alkyl halides is 1. The summed E-state index contributed by atoms with van der Waals surface area (Å²) < 4.78 is 5.45. The number of hydrogen-bond acceptors (Lipinski definition) is 1. The Morgan fingerprint density at radius 3 is 2.11 bits per heavy atom. The minimum Gasteiger partial charge on any atom is -0.494 e. The zero-order valence-corrected chi connectivity index (χ0v) is 12.4. The average molecular weight is 275 g/mol. The van der Waals surface area contributed by atoms with Crippen LogP contribution >= 0.6 is 11.6 Å². The first-order valence-corrected chi connectivity index (χ1v) is 7.00. The Morgan fingerprint density at radius 2 is 1.58 bits per heavy atom. The highest BCUT2D eigenvalue weighted by molar-refractivity contribution is 6.22. The predicted octanol–water partition coefficient (Wildman–Crippen LogP) is 5.03. The molecule has 19 heavy (non-hydrogen) atoms. The highest BCUT2D eigenvalue weighted by Gasteiger charge is 2.15. The molecule has 0 aliphatic heterocycles. The SMILES string of the molecule is CCOc1ccc(C(Cl)c2c(C)cccc2C)cc1. The summed E-state index contributed by atoms with van der Waals surface area (Å²) in [5.41, 5.74) is 4.76. The molecule has 0 fully saturated rings. The molecule has 0 saturated carbocycles. The van der Waals surface area contributed by atoms with Crippen LogP contribution < -0.4 is 4.74 Å². The van der Waals surface area contributed by atoms with E-state index in [0.717, 1.165) is 11.3 Å². The van der Waals surface area contributed by atoms with Crippen molar-refractivity contribution in [2.45, 2.75) is 26.1 Å². The minimum absolute atomic E-state index is 0.114. The number of aryl methyl sites for hydroxylation is 2. The van der Waals surface area contributed by atoms with Crippen molar-refractivity contribution in [3.63, 3.8) is 0 Å². The summed E-state index contributed by atoms with van der Waals surface area (Å²) in [5, 5.41) is -0.114. The van der Waals surface area contributed by atoms with Crippen LogP contribution in [0.1, 0.15) is 34.6 Å². The lowest BCUT2D eigenvalue weighted by Crippen LogP contribution is -1.99. The molecular formula is C17H19ClO. The van der Waals surface area contributed by atoms with Gasteiger partial charge in [-0.15, -0.1) is 11.6 Å². The van der Waals surface area contributed by atoms with E-state index in [9.17, 15) is 0 Å². The maximum Gasteiger partial charge on any atom is 0.119 e. The van der Waals surface area contributed by atoms with E-state index < -0.39 is 0 Å². The second-order valence-electron chi connectivity index (χ2n) is 4.67. The monoisotopic (exact) mass is 274 g/mol. The molecule has 2 aromatic rings. The van der Waals surface area contributed by atoms with Gasteiger partial charge in [0.05, 0.1) is 12.0 Å². The summed E-state index contributed by atoms with van der Waals surface area (Å²) in [7, 11) is 0. The first kappa shape index (κ1) is 14.0. The second-order valence-corrected chi connectivity index (χ2v) is 5.11. The highest BCUT2D eigenvalue weighted by Crippen LogP contribution is 2.33. The van der Waals surface area contributed by atoms with E-state index >= 15 is 0 Å². The van der Waals surface area contributed by atoms with Crippen molar-refractivity contribution in [1.82, 2.24) is 0 Å². The maximum atomic E-state index is 6.63. The quantitative estimate of drug-likeness (QED) is 0.711. The van der Waals surface area contributed by atoms with Gasteiger partial charge < -0.3 is 4.74 Å². The molecule has 2 heteroatoms. The van der Waals surface area contributed by atoms with Crippen LogP contribution in [-0.2, 0) is 0 Å². The van der Waals surface area contributed by atoms with E-state index in [1.165, 1.54) is 16.7 Å². The highest BCUT2D eigenvalue weighted by atomic mass is 35.5. The van der Waals surface area contributed by atoms with Crippen molar-refractivity contribution in [3.8, 4) is 5.75 Å². The molecule has 0 heterocycles. The molecule has 0 aliphatic carbocycles. The lowest BCUT2D eigenvalue weighted by atomic mass is 9.96. The zero-order chi connectivity index (χ0) is 13.8. The zero-order valence-electron chi connectivity index (χ0n) is 11.6. The Bertz CT molecular complexity index is 525. The lowest BCUT2D eigenvalue weighted by molar-refractivity contribution is 0.340. The topological polar surface area (TPSA) is 9.23 Å². The Balaban J connectivity index is 2.31. The summed E-state index contributed by atoms with van der Waals surface area (Å²) in [6.07, 6.45) is 0. The third-order valence-corrected chi connectivity index (χ3v) is 3.75. The molecule has 0 aromatic heterocycles. The van der Waals surface area contributed by atoms with Crippen molar-refractivity contribution >= 4 is 11.6 Å². The maximum absolute atomic E-state index is 6.63. The van der Waals surface area contributed by atoms with Crippen LogP contribution in [-0.4, -0.2) is 6.61 Å². The first-order chi connectivity index (χ1) is 9.13. The molecule has 0 amide bonds. The standard InChI is InChI=1S/C17H19ClO/c1-4-19-15-10-8-14(9-11-15)17(18)16-12(2)6-5-7-13(16)3/h5-11,17H,4H2,1-3H3. The number of hydrogen-bond donors (Lipinski definition) is 0. The molecular weight excluding hydrogens is 256 g/mol. The summed E-state index contributed by atoms with van der Waals surface area (Å²) in [4.78, 5) is 0. The molecule has 0 spiro atoms. The van der Waals surface area contributed by atoms with Gasteiger partial charge in [0, 0.05) is 0 Å². The Morgan fingerprint density at radius 1 is 1.00 bits per heavy atom. The molecule has 2 rings (SSSR count). The van der Waals surface area contributed by atoms with Crippen LogP contribution in [0, 0.1) is 13.8 Å². The van der Waals surface area contributed by atoms with E-state index in [4.69, 9.17) is 16.3 Å². The number of halogens is 1.